The molecule has 0 saturated heterocycles. The molecule has 24 heavy (non-hydrogen) atoms. The molecule has 1 amide bonds. The molecule has 1 aliphatic heterocycles. The lowest BCUT2D eigenvalue weighted by Crippen LogP contribution is -2.39. The second kappa shape index (κ2) is 6.93. The molecule has 1 atom stereocenters. The smallest absolute Gasteiger partial charge is 0.241 e. The molecule has 1 heterocycles. The van der Waals surface area contributed by atoms with Gasteiger partial charge >= 0.3 is 0 Å². The Bertz CT molecular complexity index is 728. The number of likely N-dealkylation sites (N-methyl/N-ethyl adjacent to an activating group) is 1. The van der Waals surface area contributed by atoms with Crippen molar-refractivity contribution in [2.24, 2.45) is 0 Å². The molecule has 0 aromatic heterocycles. The Labute approximate surface area is 142 Å². The fourth-order valence-electron chi connectivity index (χ4n) is 2.54. The van der Waals surface area contributed by atoms with Crippen molar-refractivity contribution in [3.63, 3.8) is 0 Å². The van der Waals surface area contributed by atoms with Crippen LogP contribution in [0.15, 0.2) is 42.5 Å². The third kappa shape index (κ3) is 3.68. The van der Waals surface area contributed by atoms with Gasteiger partial charge in [-0.05, 0) is 38.6 Å². The highest BCUT2D eigenvalue weighted by atomic mass is 16.7. The monoisotopic (exact) mass is 326 g/mol. The van der Waals surface area contributed by atoms with Crippen LogP contribution >= 0.6 is 0 Å². The summed E-state index contributed by atoms with van der Waals surface area (Å²) in [5.74, 6) is 1.31. The number of carbonyl (C=O) groups excluding carboxylic acids is 1. The predicted molar refractivity (Wildman–Crippen MR) is 93.3 cm³/mol. The number of anilines is 1. The zero-order chi connectivity index (χ0) is 17.1. The van der Waals surface area contributed by atoms with Gasteiger partial charge in [0.1, 0.15) is 0 Å². The number of nitrogens with one attached hydrogen (secondary N) is 1. The minimum absolute atomic E-state index is 0.0523. The molecule has 0 fully saturated rings. The fraction of sp³-hybridized carbons (Fsp3) is 0.316. The van der Waals surface area contributed by atoms with Crippen LogP contribution in [-0.2, 0) is 11.3 Å². The molecule has 1 N–H and O–H groups in total. The number of nitrogens with zero attached hydrogens (tertiary/aromatic N) is 1. The Balaban J connectivity index is 1.60. The second-order valence-corrected chi connectivity index (χ2v) is 6.13. The number of benzene rings is 2. The summed E-state index contributed by atoms with van der Waals surface area (Å²) in [6, 6.07) is 13.5. The van der Waals surface area contributed by atoms with Crippen LogP contribution in [0.3, 0.4) is 0 Å². The summed E-state index contributed by atoms with van der Waals surface area (Å²) in [7, 11) is 1.95. The van der Waals surface area contributed by atoms with Crippen molar-refractivity contribution < 1.29 is 14.3 Å². The predicted octanol–water partition coefficient (Wildman–Crippen LogP) is 3.18. The van der Waals surface area contributed by atoms with E-state index in [9.17, 15) is 4.79 Å². The van der Waals surface area contributed by atoms with Gasteiger partial charge in [-0.15, -0.1) is 0 Å². The normalized spacial score (nSPS) is 13.8. The van der Waals surface area contributed by atoms with Crippen molar-refractivity contribution in [2.75, 3.05) is 19.2 Å². The summed E-state index contributed by atoms with van der Waals surface area (Å²) in [5, 5.41) is 2.93. The van der Waals surface area contributed by atoms with Crippen LogP contribution in [0.25, 0.3) is 0 Å². The largest absolute Gasteiger partial charge is 0.454 e. The zero-order valence-corrected chi connectivity index (χ0v) is 14.2. The number of amides is 1. The average molecular weight is 326 g/mol. The quantitative estimate of drug-likeness (QED) is 0.917. The Hall–Kier alpha value is -2.53. The molecule has 0 unspecified atom stereocenters. The van der Waals surface area contributed by atoms with Gasteiger partial charge in [0.15, 0.2) is 11.5 Å². The van der Waals surface area contributed by atoms with Gasteiger partial charge in [0.05, 0.1) is 6.04 Å². The van der Waals surface area contributed by atoms with Crippen molar-refractivity contribution in [1.29, 1.82) is 0 Å². The molecular formula is C19H22N2O3. The van der Waals surface area contributed by atoms with Gasteiger partial charge in [-0.25, -0.2) is 0 Å². The van der Waals surface area contributed by atoms with E-state index in [0.29, 0.717) is 17.2 Å². The third-order valence-electron chi connectivity index (χ3n) is 4.23. The van der Waals surface area contributed by atoms with Crippen LogP contribution in [0.4, 0.5) is 5.69 Å². The Morgan fingerprint density at radius 1 is 1.17 bits per heavy atom. The van der Waals surface area contributed by atoms with Gasteiger partial charge in [0, 0.05) is 18.3 Å². The van der Waals surface area contributed by atoms with E-state index < -0.39 is 0 Å². The molecule has 0 saturated carbocycles. The molecule has 1 aliphatic rings. The SMILES string of the molecule is Cc1ccc(CN(C)[C@H](C)C(=O)Nc2ccc3c(c2)OCO3)cc1. The molecule has 2 aromatic carbocycles. The summed E-state index contributed by atoms with van der Waals surface area (Å²) in [5.41, 5.74) is 3.13. The van der Waals surface area contributed by atoms with Crippen LogP contribution in [0, 0.1) is 6.92 Å². The van der Waals surface area contributed by atoms with Crippen molar-refractivity contribution in [3.05, 3.63) is 53.6 Å². The minimum atomic E-state index is -0.253. The van der Waals surface area contributed by atoms with Crippen molar-refractivity contribution in [1.82, 2.24) is 4.90 Å². The minimum Gasteiger partial charge on any atom is -0.454 e. The van der Waals surface area contributed by atoms with E-state index in [0.717, 1.165) is 6.54 Å². The second-order valence-electron chi connectivity index (χ2n) is 6.13. The number of fused-ring (bicyclic) bond motifs is 1. The highest BCUT2D eigenvalue weighted by Gasteiger charge is 2.20. The van der Waals surface area contributed by atoms with Crippen molar-refractivity contribution >= 4 is 11.6 Å². The van der Waals surface area contributed by atoms with E-state index in [1.165, 1.54) is 11.1 Å². The molecule has 5 nitrogen and oxygen atoms in total. The lowest BCUT2D eigenvalue weighted by Gasteiger charge is -2.24. The summed E-state index contributed by atoms with van der Waals surface area (Å²) in [6.45, 7) is 4.91. The molecule has 0 bridgehead atoms. The maximum absolute atomic E-state index is 12.5. The van der Waals surface area contributed by atoms with E-state index in [1.807, 2.05) is 24.9 Å². The lowest BCUT2D eigenvalue weighted by molar-refractivity contribution is -0.120. The molecule has 0 radical (unpaired) electrons. The highest BCUT2D eigenvalue weighted by molar-refractivity contribution is 5.94. The van der Waals surface area contributed by atoms with Crippen LogP contribution in [0.1, 0.15) is 18.1 Å². The maximum atomic E-state index is 12.5. The van der Waals surface area contributed by atoms with Crippen molar-refractivity contribution in [3.8, 4) is 11.5 Å². The van der Waals surface area contributed by atoms with Crippen LogP contribution < -0.4 is 14.8 Å². The van der Waals surface area contributed by atoms with E-state index in [1.54, 1.807) is 12.1 Å². The van der Waals surface area contributed by atoms with Crippen molar-refractivity contribution in [2.45, 2.75) is 26.4 Å². The molecule has 0 spiro atoms. The van der Waals surface area contributed by atoms with E-state index in [2.05, 4.69) is 36.5 Å². The molecule has 0 aliphatic carbocycles. The number of aryl methyl sites for hydroxylation is 1. The molecular weight excluding hydrogens is 304 g/mol. The van der Waals surface area contributed by atoms with E-state index in [-0.39, 0.29) is 18.7 Å². The van der Waals surface area contributed by atoms with Gasteiger partial charge in [0.25, 0.3) is 0 Å². The fourth-order valence-corrected chi connectivity index (χ4v) is 2.54. The maximum Gasteiger partial charge on any atom is 0.241 e. The Morgan fingerprint density at radius 3 is 2.62 bits per heavy atom. The summed E-state index contributed by atoms with van der Waals surface area (Å²) >= 11 is 0. The lowest BCUT2D eigenvalue weighted by atomic mass is 10.1. The summed E-state index contributed by atoms with van der Waals surface area (Å²) in [6.07, 6.45) is 0. The zero-order valence-electron chi connectivity index (χ0n) is 14.2. The number of hydrogen-bond donors (Lipinski definition) is 1. The first-order chi connectivity index (χ1) is 11.5. The summed E-state index contributed by atoms with van der Waals surface area (Å²) in [4.78, 5) is 14.5. The van der Waals surface area contributed by atoms with Gasteiger partial charge < -0.3 is 14.8 Å². The van der Waals surface area contributed by atoms with E-state index >= 15 is 0 Å². The average Bonchev–Trinajstić information content (AvgIpc) is 3.03. The first-order valence-electron chi connectivity index (χ1n) is 7.99. The molecule has 2 aromatic rings. The summed E-state index contributed by atoms with van der Waals surface area (Å²) < 4.78 is 10.6. The number of carbonyl (C=O) groups is 1. The van der Waals surface area contributed by atoms with E-state index in [4.69, 9.17) is 9.47 Å². The first-order valence-corrected chi connectivity index (χ1v) is 7.99. The van der Waals surface area contributed by atoms with Gasteiger partial charge in [-0.1, -0.05) is 29.8 Å². The molecule has 126 valence electrons. The van der Waals surface area contributed by atoms with Gasteiger partial charge in [-0.3, -0.25) is 9.69 Å². The number of hydrogen-bond acceptors (Lipinski definition) is 4. The molecule has 3 rings (SSSR count). The highest BCUT2D eigenvalue weighted by Crippen LogP contribution is 2.34. The Morgan fingerprint density at radius 2 is 1.88 bits per heavy atom. The first kappa shape index (κ1) is 16.3. The number of ether oxygens (including phenoxy) is 2. The third-order valence-corrected chi connectivity index (χ3v) is 4.23. The van der Waals surface area contributed by atoms with Gasteiger partial charge in [0.2, 0.25) is 12.7 Å². The molecule has 5 heteroatoms. The topological polar surface area (TPSA) is 50.8 Å². The van der Waals surface area contributed by atoms with Crippen LogP contribution in [-0.4, -0.2) is 30.7 Å². The number of rotatable bonds is 5. The standard InChI is InChI=1S/C19H22N2O3/c1-13-4-6-15(7-5-13)11-21(3)14(2)19(22)20-16-8-9-17-18(10-16)24-12-23-17/h4-10,14H,11-12H2,1-3H3,(H,20,22)/t14-/m1/s1. The van der Waals surface area contributed by atoms with Crippen LogP contribution in [0.2, 0.25) is 0 Å². The Kier molecular flexibility index (Phi) is 4.71. The van der Waals surface area contributed by atoms with Crippen LogP contribution in [0.5, 0.6) is 11.5 Å². The van der Waals surface area contributed by atoms with Gasteiger partial charge in [-0.2, -0.15) is 0 Å².